The molecule has 1 saturated carbocycles. The van der Waals surface area contributed by atoms with Crippen molar-refractivity contribution in [1.82, 2.24) is 14.5 Å². The van der Waals surface area contributed by atoms with Gasteiger partial charge in [0, 0.05) is 67.1 Å². The van der Waals surface area contributed by atoms with E-state index in [0.717, 1.165) is 94.0 Å². The van der Waals surface area contributed by atoms with Crippen LogP contribution in [0.3, 0.4) is 0 Å². The number of anilines is 1. The van der Waals surface area contributed by atoms with E-state index in [1.165, 1.54) is 11.1 Å². The second-order valence-electron chi connectivity index (χ2n) is 17.9. The molecule has 2 saturated heterocycles. The van der Waals surface area contributed by atoms with E-state index >= 15 is 0 Å². The van der Waals surface area contributed by atoms with E-state index in [4.69, 9.17) is 25.8 Å². The van der Waals surface area contributed by atoms with E-state index in [1.807, 2.05) is 25.1 Å². The van der Waals surface area contributed by atoms with Gasteiger partial charge in [-0.3, -0.25) is 19.2 Å². The number of nitrogens with zero attached hydrogens (tertiary/aromatic N) is 3. The fourth-order valence-corrected chi connectivity index (χ4v) is 12.4. The third-order valence-electron chi connectivity index (χ3n) is 14.3. The summed E-state index contributed by atoms with van der Waals surface area (Å²) in [6.07, 6.45) is 13.4. The molecule has 12 heteroatoms. The van der Waals surface area contributed by atoms with Crippen LogP contribution >= 0.6 is 11.6 Å². The third-order valence-corrected chi connectivity index (χ3v) is 16.7. The standard InChI is InChI=1S/C45H61ClN4O6S/c1-31-9-7-19-45(56-22-21-54-3,29-48-26-37-11-5-6-20-50(37)42(51)27-48)39-15-12-35(39)25-49-28-44(18-8-10-33-23-36(46)14-16-38(33)44)30-55-41-17-13-34(24-40(41)49)43(52)47-57(4,53)32(31)2/h7,13-14,16-17,19,23-24,31-32,35,37,39H,4-6,8-12,15,18,20-22,25-30H2,1-3H3,(H,47,52,53)/b19-7+/t31-,32+,35-,37+,39+,44-,45+,57?/m0/s1. The molecule has 1 spiro atoms. The number of fused-ring (bicyclic) bond motifs is 5. The number of benzene rings is 2. The Labute approximate surface area is 344 Å². The molecule has 4 aliphatic heterocycles. The molecule has 8 rings (SSSR count). The Morgan fingerprint density at radius 2 is 1.91 bits per heavy atom. The fraction of sp³-hybridized carbons (Fsp3) is 0.622. The summed E-state index contributed by atoms with van der Waals surface area (Å²) in [5.41, 5.74) is 2.90. The highest BCUT2D eigenvalue weighted by atomic mass is 35.5. The molecule has 2 amide bonds. The minimum Gasteiger partial charge on any atom is -0.490 e. The number of aryl methyl sites for hydroxylation is 1. The lowest BCUT2D eigenvalue weighted by Crippen LogP contribution is -2.63. The molecule has 310 valence electrons. The molecule has 0 radical (unpaired) electrons. The minimum absolute atomic E-state index is 0.0407. The predicted molar refractivity (Wildman–Crippen MR) is 228 cm³/mol. The lowest BCUT2D eigenvalue weighted by atomic mass is 9.63. The lowest BCUT2D eigenvalue weighted by molar-refractivity contribution is -0.150. The maximum absolute atomic E-state index is 14.2. The van der Waals surface area contributed by atoms with Crippen molar-refractivity contribution in [2.24, 2.45) is 17.8 Å². The Kier molecular flexibility index (Phi) is 11.8. The van der Waals surface area contributed by atoms with Crippen molar-refractivity contribution in [2.75, 3.05) is 71.1 Å². The number of methoxy groups -OCH3 is 1. The third kappa shape index (κ3) is 8.13. The molecule has 57 heavy (non-hydrogen) atoms. The van der Waals surface area contributed by atoms with Gasteiger partial charge in [-0.1, -0.05) is 36.7 Å². The Balaban J connectivity index is 1.21. The molecule has 1 unspecified atom stereocenters. The molecular formula is C45H61ClN4O6S. The Bertz CT molecular complexity index is 1980. The minimum atomic E-state index is -3.02. The highest BCUT2D eigenvalue weighted by molar-refractivity contribution is 7.99. The molecule has 2 aromatic carbocycles. The van der Waals surface area contributed by atoms with E-state index < -0.39 is 26.5 Å². The first-order valence-electron chi connectivity index (χ1n) is 21.2. The van der Waals surface area contributed by atoms with Gasteiger partial charge in [-0.25, -0.2) is 4.21 Å². The van der Waals surface area contributed by atoms with E-state index in [1.54, 1.807) is 13.2 Å². The number of ether oxygens (including phenoxy) is 3. The molecule has 4 heterocycles. The second-order valence-corrected chi connectivity index (χ2v) is 20.7. The van der Waals surface area contributed by atoms with E-state index in [-0.39, 0.29) is 35.1 Å². The zero-order chi connectivity index (χ0) is 40.0. The van der Waals surface area contributed by atoms with Crippen molar-refractivity contribution in [3.05, 3.63) is 70.3 Å². The van der Waals surface area contributed by atoms with Crippen molar-refractivity contribution in [3.8, 4) is 5.75 Å². The lowest BCUT2D eigenvalue weighted by Gasteiger charge is -2.53. The Hall–Kier alpha value is -3.09. The van der Waals surface area contributed by atoms with Crippen molar-refractivity contribution in [2.45, 2.75) is 93.9 Å². The zero-order valence-corrected chi connectivity index (χ0v) is 35.6. The quantitative estimate of drug-likeness (QED) is 0.207. The number of carbonyl (C=O) groups excluding carboxylic acids is 2. The van der Waals surface area contributed by atoms with Crippen LogP contribution < -0.4 is 14.4 Å². The first-order chi connectivity index (χ1) is 27.4. The van der Waals surface area contributed by atoms with Crippen LogP contribution in [0.25, 0.3) is 0 Å². The molecule has 3 fully saturated rings. The molecule has 6 aliphatic rings. The molecule has 8 atom stereocenters. The van der Waals surface area contributed by atoms with E-state index in [0.29, 0.717) is 44.9 Å². The van der Waals surface area contributed by atoms with Crippen LogP contribution in [-0.4, -0.2) is 115 Å². The smallest absolute Gasteiger partial charge is 0.262 e. The van der Waals surface area contributed by atoms with Crippen LogP contribution in [0.5, 0.6) is 5.75 Å². The molecule has 2 bridgehead atoms. The number of piperidine rings is 1. The number of allylic oxidation sites excluding steroid dienone is 1. The normalized spacial score (nSPS) is 35.2. The Morgan fingerprint density at radius 3 is 2.72 bits per heavy atom. The summed E-state index contributed by atoms with van der Waals surface area (Å²) in [7, 11) is -1.31. The summed E-state index contributed by atoms with van der Waals surface area (Å²) >= 11 is 6.54. The maximum Gasteiger partial charge on any atom is 0.262 e. The van der Waals surface area contributed by atoms with Gasteiger partial charge in [0.25, 0.3) is 5.91 Å². The molecule has 2 aliphatic carbocycles. The molecular weight excluding hydrogens is 760 g/mol. The van der Waals surface area contributed by atoms with Gasteiger partial charge >= 0.3 is 0 Å². The van der Waals surface area contributed by atoms with Crippen LogP contribution in [0.2, 0.25) is 5.02 Å². The number of carbonyl (C=O) groups is 2. The van der Waals surface area contributed by atoms with Gasteiger partial charge < -0.3 is 24.0 Å². The Morgan fingerprint density at radius 1 is 1.05 bits per heavy atom. The first-order valence-corrected chi connectivity index (χ1v) is 23.4. The molecule has 10 nitrogen and oxygen atoms in total. The number of halogens is 1. The van der Waals surface area contributed by atoms with Gasteiger partial charge in [-0.15, -0.1) is 0 Å². The second kappa shape index (κ2) is 16.5. The van der Waals surface area contributed by atoms with Gasteiger partial charge in [0.05, 0.1) is 41.8 Å². The topological polar surface area (TPSA) is 101 Å². The largest absolute Gasteiger partial charge is 0.490 e. The van der Waals surface area contributed by atoms with Gasteiger partial charge in [0.15, 0.2) is 0 Å². The number of rotatable bonds is 6. The number of hydrogen-bond donors (Lipinski definition) is 1. The molecule has 2 aromatic rings. The average Bonchev–Trinajstić information content (AvgIpc) is 3.32. The van der Waals surface area contributed by atoms with Crippen LogP contribution in [-0.2, 0) is 35.8 Å². The van der Waals surface area contributed by atoms with E-state index in [2.05, 4.69) is 56.5 Å². The van der Waals surface area contributed by atoms with Gasteiger partial charge in [-0.2, -0.15) is 0 Å². The summed E-state index contributed by atoms with van der Waals surface area (Å²) in [5.74, 6) is 5.04. The number of piperazine rings is 1. The number of hydrogen-bond acceptors (Lipinski definition) is 8. The van der Waals surface area contributed by atoms with Gasteiger partial charge in [0.1, 0.15) is 11.4 Å². The number of nitrogens with one attached hydrogen (secondary N) is 1. The zero-order valence-electron chi connectivity index (χ0n) is 34.0. The van der Waals surface area contributed by atoms with Crippen molar-refractivity contribution < 1.29 is 28.0 Å². The average molecular weight is 822 g/mol. The first kappa shape index (κ1) is 40.7. The monoisotopic (exact) mass is 820 g/mol. The highest BCUT2D eigenvalue weighted by Crippen LogP contribution is 2.49. The van der Waals surface area contributed by atoms with Gasteiger partial charge in [0.2, 0.25) is 5.91 Å². The summed E-state index contributed by atoms with van der Waals surface area (Å²) in [4.78, 5) is 34.4. The van der Waals surface area contributed by atoms with Crippen LogP contribution in [0, 0.1) is 17.8 Å². The summed E-state index contributed by atoms with van der Waals surface area (Å²) in [6, 6.07) is 12.2. The summed E-state index contributed by atoms with van der Waals surface area (Å²) in [6.45, 7) is 9.55. The van der Waals surface area contributed by atoms with Crippen LogP contribution in [0.15, 0.2) is 48.6 Å². The van der Waals surface area contributed by atoms with Crippen LogP contribution in [0.1, 0.15) is 86.7 Å². The van der Waals surface area contributed by atoms with E-state index in [9.17, 15) is 13.8 Å². The highest BCUT2D eigenvalue weighted by Gasteiger charge is 2.51. The van der Waals surface area contributed by atoms with Crippen molar-refractivity contribution in [3.63, 3.8) is 0 Å². The maximum atomic E-state index is 14.2. The summed E-state index contributed by atoms with van der Waals surface area (Å²) in [5, 5.41) is 0.355. The predicted octanol–water partition coefficient (Wildman–Crippen LogP) is 6.28. The van der Waals surface area contributed by atoms with Gasteiger partial charge in [-0.05, 0) is 130 Å². The number of amides is 2. The summed E-state index contributed by atoms with van der Waals surface area (Å²) < 4.78 is 36.5. The molecule has 1 N–H and O–H groups in total. The fourth-order valence-electron chi connectivity index (χ4n) is 10.8. The molecule has 0 aromatic heterocycles. The van der Waals surface area contributed by atoms with Crippen LogP contribution in [0.4, 0.5) is 5.69 Å². The van der Waals surface area contributed by atoms with Crippen molar-refractivity contribution >= 4 is 44.7 Å². The SMILES string of the molecule is C=S1(=O)NC(=O)c2ccc3c(c2)N(C[C@@H]2CC[C@H]2[C@@](CN2CC(=O)N4CCCC[C@@H]4C2)(OCCOC)/C=C/C[C@H](C)[C@H]1C)C[C@@]1(CCCc2cc(Cl)ccc21)CO3. The van der Waals surface area contributed by atoms with Crippen molar-refractivity contribution in [1.29, 1.82) is 0 Å².